The average molecular weight is 299 g/mol. The molecule has 0 radical (unpaired) electrons. The van der Waals surface area contributed by atoms with Crippen LogP contribution in [0.15, 0.2) is 5.51 Å². The first-order valence-electron chi connectivity index (χ1n) is 6.37. The lowest BCUT2D eigenvalue weighted by Crippen LogP contribution is -2.20. The van der Waals surface area contributed by atoms with Gasteiger partial charge in [0, 0.05) is 23.9 Å². The highest BCUT2D eigenvalue weighted by Crippen LogP contribution is 2.29. The molecule has 0 aliphatic carbocycles. The maximum atomic E-state index is 6.37. The van der Waals surface area contributed by atoms with Crippen molar-refractivity contribution < 1.29 is 0 Å². The highest BCUT2D eigenvalue weighted by Gasteiger charge is 2.20. The van der Waals surface area contributed by atoms with Crippen molar-refractivity contribution in [2.24, 2.45) is 0 Å². The Labute approximate surface area is 122 Å². The zero-order chi connectivity index (χ0) is 14.0. The van der Waals surface area contributed by atoms with E-state index in [0.29, 0.717) is 0 Å². The summed E-state index contributed by atoms with van der Waals surface area (Å²) in [7, 11) is 1.97. The van der Waals surface area contributed by atoms with Gasteiger partial charge in [0.25, 0.3) is 0 Å². The van der Waals surface area contributed by atoms with Gasteiger partial charge in [-0.1, -0.05) is 11.6 Å². The van der Waals surface area contributed by atoms with Crippen LogP contribution in [0.25, 0.3) is 0 Å². The molecule has 19 heavy (non-hydrogen) atoms. The Morgan fingerprint density at radius 2 is 2.16 bits per heavy atom. The molecule has 2 rings (SSSR count). The van der Waals surface area contributed by atoms with Crippen LogP contribution in [0.3, 0.4) is 0 Å². The highest BCUT2D eigenvalue weighted by molar-refractivity contribution is 7.09. The van der Waals surface area contributed by atoms with E-state index in [0.717, 1.165) is 35.1 Å². The predicted octanol–water partition coefficient (Wildman–Crippen LogP) is 3.13. The fourth-order valence-corrected chi connectivity index (χ4v) is 3.35. The van der Waals surface area contributed by atoms with Crippen molar-refractivity contribution in [1.29, 1.82) is 0 Å². The van der Waals surface area contributed by atoms with Crippen molar-refractivity contribution in [3.05, 3.63) is 32.5 Å². The van der Waals surface area contributed by atoms with Crippen molar-refractivity contribution in [2.45, 2.75) is 39.8 Å². The molecular formula is C13H19ClN4S. The number of rotatable bonds is 5. The monoisotopic (exact) mass is 298 g/mol. The maximum Gasteiger partial charge on any atom is 0.0847 e. The first kappa shape index (κ1) is 14.5. The van der Waals surface area contributed by atoms with Crippen LogP contribution in [0.1, 0.15) is 34.9 Å². The van der Waals surface area contributed by atoms with Gasteiger partial charge in [0.1, 0.15) is 0 Å². The molecule has 2 heterocycles. The fraction of sp³-hybridized carbons (Fsp3) is 0.538. The lowest BCUT2D eigenvalue weighted by molar-refractivity contribution is 0.544. The number of hydrogen-bond acceptors (Lipinski definition) is 4. The number of halogens is 1. The van der Waals surface area contributed by atoms with Crippen LogP contribution in [0.5, 0.6) is 0 Å². The van der Waals surface area contributed by atoms with Crippen molar-refractivity contribution in [1.82, 2.24) is 20.1 Å². The highest BCUT2D eigenvalue weighted by atomic mass is 35.5. The zero-order valence-corrected chi connectivity index (χ0v) is 13.3. The summed E-state index contributed by atoms with van der Waals surface area (Å²) in [6.45, 7) is 6.91. The van der Waals surface area contributed by atoms with Crippen LogP contribution in [-0.4, -0.2) is 21.8 Å². The number of nitrogens with one attached hydrogen (secondary N) is 1. The quantitative estimate of drug-likeness (QED) is 0.922. The second-order valence-electron chi connectivity index (χ2n) is 4.51. The summed E-state index contributed by atoms with van der Waals surface area (Å²) in [5.74, 6) is 0. The van der Waals surface area contributed by atoms with Crippen LogP contribution >= 0.6 is 22.9 Å². The molecule has 0 aliphatic heterocycles. The molecule has 2 aromatic heterocycles. The Morgan fingerprint density at radius 1 is 1.42 bits per heavy atom. The smallest absolute Gasteiger partial charge is 0.0847 e. The predicted molar refractivity (Wildman–Crippen MR) is 80.0 cm³/mol. The largest absolute Gasteiger partial charge is 0.312 e. The van der Waals surface area contributed by atoms with E-state index < -0.39 is 0 Å². The summed E-state index contributed by atoms with van der Waals surface area (Å²) >= 11 is 8.05. The van der Waals surface area contributed by atoms with Gasteiger partial charge in [0.15, 0.2) is 0 Å². The molecule has 0 saturated heterocycles. The number of likely N-dealkylation sites (N-methyl/N-ethyl adjacent to an activating group) is 1. The lowest BCUT2D eigenvalue weighted by Gasteiger charge is -2.16. The van der Waals surface area contributed by atoms with Gasteiger partial charge in [0.2, 0.25) is 0 Å². The molecule has 4 nitrogen and oxygen atoms in total. The number of nitrogens with zero attached hydrogens (tertiary/aromatic N) is 3. The summed E-state index contributed by atoms with van der Waals surface area (Å²) in [4.78, 5) is 5.58. The molecule has 0 fully saturated rings. The van der Waals surface area contributed by atoms with Gasteiger partial charge >= 0.3 is 0 Å². The zero-order valence-electron chi connectivity index (χ0n) is 11.7. The van der Waals surface area contributed by atoms with Crippen LogP contribution < -0.4 is 5.32 Å². The van der Waals surface area contributed by atoms with E-state index in [-0.39, 0.29) is 6.04 Å². The summed E-state index contributed by atoms with van der Waals surface area (Å²) in [5.41, 5.74) is 4.96. The van der Waals surface area contributed by atoms with E-state index >= 15 is 0 Å². The number of thiazole rings is 1. The molecule has 104 valence electrons. The molecule has 0 amide bonds. The van der Waals surface area contributed by atoms with Crippen molar-refractivity contribution >= 4 is 22.9 Å². The second kappa shape index (κ2) is 6.03. The second-order valence-corrected chi connectivity index (χ2v) is 5.77. The van der Waals surface area contributed by atoms with Crippen molar-refractivity contribution in [3.63, 3.8) is 0 Å². The Morgan fingerprint density at radius 3 is 2.68 bits per heavy atom. The normalized spacial score (nSPS) is 12.9. The van der Waals surface area contributed by atoms with Gasteiger partial charge in [-0.15, -0.1) is 11.3 Å². The molecule has 0 aromatic carbocycles. The summed E-state index contributed by atoms with van der Waals surface area (Å²) in [6, 6.07) is 0.228. The molecule has 2 aromatic rings. The summed E-state index contributed by atoms with van der Waals surface area (Å²) < 4.78 is 1.98. The maximum absolute atomic E-state index is 6.37. The van der Waals surface area contributed by atoms with Gasteiger partial charge in [0.05, 0.1) is 27.6 Å². The van der Waals surface area contributed by atoms with Crippen molar-refractivity contribution in [3.8, 4) is 0 Å². The Hall–Kier alpha value is -0.910. The standard InChI is InChI=1S/C13H19ClN4S/c1-5-18-11(12(14)8(2)17-18)6-10(15-4)13-9(3)16-7-19-13/h7,10,15H,5-6H2,1-4H3. The van der Waals surface area contributed by atoms with Crippen LogP contribution in [0.4, 0.5) is 0 Å². The van der Waals surface area contributed by atoms with E-state index in [9.17, 15) is 0 Å². The third-order valence-electron chi connectivity index (χ3n) is 3.30. The first-order valence-corrected chi connectivity index (χ1v) is 7.63. The first-order chi connectivity index (χ1) is 9.08. The number of hydrogen-bond donors (Lipinski definition) is 1. The van der Waals surface area contributed by atoms with Crippen molar-refractivity contribution in [2.75, 3.05) is 7.05 Å². The molecule has 0 saturated carbocycles. The Bertz CT molecular complexity index is 561. The van der Waals surface area contributed by atoms with E-state index in [4.69, 9.17) is 11.6 Å². The minimum atomic E-state index is 0.228. The third-order valence-corrected chi connectivity index (χ3v) is 4.83. The van der Waals surface area contributed by atoms with Gasteiger partial charge < -0.3 is 5.32 Å². The Balaban J connectivity index is 2.31. The molecule has 0 spiro atoms. The summed E-state index contributed by atoms with van der Waals surface area (Å²) in [6.07, 6.45) is 0.826. The minimum Gasteiger partial charge on any atom is -0.312 e. The van der Waals surface area contributed by atoms with Crippen LogP contribution in [0.2, 0.25) is 5.02 Å². The van der Waals surface area contributed by atoms with E-state index in [1.165, 1.54) is 4.88 Å². The van der Waals surface area contributed by atoms with Gasteiger partial charge in [-0.3, -0.25) is 4.68 Å². The molecular weight excluding hydrogens is 280 g/mol. The minimum absolute atomic E-state index is 0.228. The molecule has 6 heteroatoms. The summed E-state index contributed by atoms with van der Waals surface area (Å²) in [5, 5.41) is 8.60. The average Bonchev–Trinajstić information content (AvgIpc) is 2.93. The van der Waals surface area contributed by atoms with Crippen LogP contribution in [0, 0.1) is 13.8 Å². The molecule has 0 aliphatic rings. The van der Waals surface area contributed by atoms with Gasteiger partial charge in [-0.25, -0.2) is 4.98 Å². The Kier molecular flexibility index (Phi) is 4.60. The molecule has 1 atom stereocenters. The third kappa shape index (κ3) is 2.83. The van der Waals surface area contributed by atoms with Gasteiger partial charge in [-0.2, -0.15) is 5.10 Å². The van der Waals surface area contributed by atoms with Gasteiger partial charge in [-0.05, 0) is 27.8 Å². The molecule has 1 unspecified atom stereocenters. The SMILES string of the molecule is CCn1nc(C)c(Cl)c1CC(NC)c1scnc1C. The van der Waals surface area contributed by atoms with E-state index in [1.54, 1.807) is 11.3 Å². The lowest BCUT2D eigenvalue weighted by atomic mass is 10.1. The fourth-order valence-electron chi connectivity index (χ4n) is 2.23. The molecule has 1 N–H and O–H groups in total. The van der Waals surface area contributed by atoms with E-state index in [2.05, 4.69) is 22.3 Å². The molecule has 0 bridgehead atoms. The number of aryl methyl sites for hydroxylation is 3. The van der Waals surface area contributed by atoms with E-state index in [1.807, 2.05) is 31.1 Å². The number of aromatic nitrogens is 3. The topological polar surface area (TPSA) is 42.7 Å². The van der Waals surface area contributed by atoms with Crippen LogP contribution in [-0.2, 0) is 13.0 Å².